The summed E-state index contributed by atoms with van der Waals surface area (Å²) < 4.78 is 5.60. The number of anilines is 1. The number of carbonyl (C=O) groups excluding carboxylic acids is 1. The number of rotatable bonds is 9. The second kappa shape index (κ2) is 10.2. The average Bonchev–Trinajstić information content (AvgIpc) is 2.67. The first-order valence-electron chi connectivity index (χ1n) is 8.81. The molecule has 4 N–H and O–H groups in total. The standard InChI is InChI=1S/C20H25N3O4/c1-3-10-22-20(26)23-16-8-4-6-14(11-16)15-7-5-9-17(12-15)27-13-18(21-2)19(24)25/h4-9,11-12,18,21H,3,10,13H2,1-2H3,(H,24,25)(H2,22,23,26). The van der Waals surface area contributed by atoms with Crippen LogP contribution in [0.4, 0.5) is 10.5 Å². The molecule has 0 bridgehead atoms. The maximum atomic E-state index is 11.8. The molecule has 144 valence electrons. The van der Waals surface area contributed by atoms with Gasteiger partial charge < -0.3 is 25.8 Å². The fourth-order valence-electron chi connectivity index (χ4n) is 2.41. The Bertz CT molecular complexity index is 779. The van der Waals surface area contributed by atoms with Crippen LogP contribution in [0.3, 0.4) is 0 Å². The van der Waals surface area contributed by atoms with Crippen molar-refractivity contribution in [3.05, 3.63) is 48.5 Å². The topological polar surface area (TPSA) is 99.7 Å². The van der Waals surface area contributed by atoms with Crippen molar-refractivity contribution in [1.29, 1.82) is 0 Å². The highest BCUT2D eigenvalue weighted by Gasteiger charge is 2.15. The molecule has 0 fully saturated rings. The molecule has 0 aliphatic carbocycles. The van der Waals surface area contributed by atoms with E-state index in [0.717, 1.165) is 17.5 Å². The maximum absolute atomic E-state index is 11.8. The molecular weight excluding hydrogens is 346 g/mol. The van der Waals surface area contributed by atoms with Crippen LogP contribution in [-0.2, 0) is 4.79 Å². The maximum Gasteiger partial charge on any atom is 0.324 e. The van der Waals surface area contributed by atoms with Crippen LogP contribution in [-0.4, -0.2) is 43.3 Å². The molecule has 2 aromatic carbocycles. The SMILES string of the molecule is CCCNC(=O)Nc1cccc(-c2cccc(OCC(NC)C(=O)O)c2)c1. The van der Waals surface area contributed by atoms with Crippen LogP contribution in [0.5, 0.6) is 5.75 Å². The first-order valence-corrected chi connectivity index (χ1v) is 8.81. The number of hydrogen-bond acceptors (Lipinski definition) is 4. The summed E-state index contributed by atoms with van der Waals surface area (Å²) in [6, 6.07) is 13.9. The minimum atomic E-state index is -0.964. The molecule has 0 radical (unpaired) electrons. The Morgan fingerprint density at radius 3 is 2.48 bits per heavy atom. The molecule has 0 aliphatic rings. The first-order chi connectivity index (χ1) is 13.0. The Balaban J connectivity index is 2.08. The predicted molar refractivity (Wildman–Crippen MR) is 105 cm³/mol. The number of carboxylic acid groups (broad SMARTS) is 1. The van der Waals surface area contributed by atoms with E-state index >= 15 is 0 Å². The zero-order chi connectivity index (χ0) is 19.6. The van der Waals surface area contributed by atoms with Gasteiger partial charge in [0.15, 0.2) is 0 Å². The third-order valence-corrected chi connectivity index (χ3v) is 3.89. The van der Waals surface area contributed by atoms with Gasteiger partial charge in [-0.3, -0.25) is 4.79 Å². The lowest BCUT2D eigenvalue weighted by Crippen LogP contribution is -2.39. The molecule has 27 heavy (non-hydrogen) atoms. The van der Waals surface area contributed by atoms with Crippen LogP contribution in [0.15, 0.2) is 48.5 Å². The van der Waals surface area contributed by atoms with Gasteiger partial charge in [-0.05, 0) is 48.9 Å². The quantitative estimate of drug-likeness (QED) is 0.543. The molecule has 2 rings (SSSR count). The van der Waals surface area contributed by atoms with Gasteiger partial charge in [0.25, 0.3) is 0 Å². The van der Waals surface area contributed by atoms with Crippen LogP contribution >= 0.6 is 0 Å². The van der Waals surface area contributed by atoms with Crippen LogP contribution in [0.25, 0.3) is 11.1 Å². The minimum Gasteiger partial charge on any atom is -0.491 e. The Kier molecular flexibility index (Phi) is 7.63. The predicted octanol–water partition coefficient (Wildman–Crippen LogP) is 2.94. The van der Waals surface area contributed by atoms with E-state index in [4.69, 9.17) is 9.84 Å². The second-order valence-corrected chi connectivity index (χ2v) is 5.98. The molecule has 7 heteroatoms. The van der Waals surface area contributed by atoms with Crippen molar-refractivity contribution in [2.45, 2.75) is 19.4 Å². The van der Waals surface area contributed by atoms with Gasteiger partial charge in [-0.2, -0.15) is 0 Å². The van der Waals surface area contributed by atoms with Gasteiger partial charge in [0.2, 0.25) is 0 Å². The lowest BCUT2D eigenvalue weighted by atomic mass is 10.0. The van der Waals surface area contributed by atoms with E-state index in [9.17, 15) is 9.59 Å². The monoisotopic (exact) mass is 371 g/mol. The molecule has 0 saturated carbocycles. The number of carbonyl (C=O) groups is 2. The third-order valence-electron chi connectivity index (χ3n) is 3.89. The van der Waals surface area contributed by atoms with Crippen molar-refractivity contribution in [3.63, 3.8) is 0 Å². The second-order valence-electron chi connectivity index (χ2n) is 5.98. The van der Waals surface area contributed by atoms with Crippen molar-refractivity contribution in [1.82, 2.24) is 10.6 Å². The number of nitrogens with one attached hydrogen (secondary N) is 3. The van der Waals surface area contributed by atoms with Crippen molar-refractivity contribution >= 4 is 17.7 Å². The zero-order valence-corrected chi connectivity index (χ0v) is 15.5. The van der Waals surface area contributed by atoms with Gasteiger partial charge in [-0.1, -0.05) is 31.2 Å². The number of likely N-dealkylation sites (N-methyl/N-ethyl adjacent to an activating group) is 1. The van der Waals surface area contributed by atoms with E-state index in [2.05, 4.69) is 16.0 Å². The summed E-state index contributed by atoms with van der Waals surface area (Å²) in [6.07, 6.45) is 0.872. The third kappa shape index (κ3) is 6.31. The van der Waals surface area contributed by atoms with Crippen molar-refractivity contribution < 1.29 is 19.4 Å². The Hall–Kier alpha value is -3.06. The zero-order valence-electron chi connectivity index (χ0n) is 15.5. The van der Waals surface area contributed by atoms with Gasteiger partial charge in [0, 0.05) is 12.2 Å². The average molecular weight is 371 g/mol. The van der Waals surface area contributed by atoms with Gasteiger partial charge in [0.1, 0.15) is 18.4 Å². The van der Waals surface area contributed by atoms with Crippen LogP contribution in [0.2, 0.25) is 0 Å². The Morgan fingerprint density at radius 2 is 1.81 bits per heavy atom. The normalized spacial score (nSPS) is 11.5. The smallest absolute Gasteiger partial charge is 0.324 e. The molecule has 0 saturated heterocycles. The first kappa shape index (κ1) is 20.3. The van der Waals surface area contributed by atoms with Gasteiger partial charge >= 0.3 is 12.0 Å². The summed E-state index contributed by atoms with van der Waals surface area (Å²) >= 11 is 0. The van der Waals surface area contributed by atoms with Crippen LogP contribution < -0.4 is 20.7 Å². The summed E-state index contributed by atoms with van der Waals surface area (Å²) in [5, 5.41) is 17.3. The number of amides is 2. The molecule has 2 aromatic rings. The summed E-state index contributed by atoms with van der Waals surface area (Å²) in [4.78, 5) is 22.9. The van der Waals surface area contributed by atoms with Gasteiger partial charge in [-0.15, -0.1) is 0 Å². The highest BCUT2D eigenvalue weighted by molar-refractivity contribution is 5.90. The Morgan fingerprint density at radius 1 is 1.11 bits per heavy atom. The highest BCUT2D eigenvalue weighted by Crippen LogP contribution is 2.26. The summed E-state index contributed by atoms with van der Waals surface area (Å²) in [5.74, 6) is -0.387. The lowest BCUT2D eigenvalue weighted by Gasteiger charge is -2.14. The van der Waals surface area contributed by atoms with Gasteiger partial charge in [-0.25, -0.2) is 4.79 Å². The molecule has 1 unspecified atom stereocenters. The van der Waals surface area contributed by atoms with E-state index in [1.54, 1.807) is 13.1 Å². The van der Waals surface area contributed by atoms with E-state index in [1.165, 1.54) is 0 Å². The fourth-order valence-corrected chi connectivity index (χ4v) is 2.41. The number of urea groups is 1. The molecule has 0 aliphatic heterocycles. The molecule has 1 atom stereocenters. The minimum absolute atomic E-state index is 0.0223. The number of hydrogen-bond donors (Lipinski definition) is 4. The van der Waals surface area contributed by atoms with E-state index in [-0.39, 0.29) is 12.6 Å². The largest absolute Gasteiger partial charge is 0.491 e. The van der Waals surface area contributed by atoms with Crippen LogP contribution in [0, 0.1) is 0 Å². The number of benzene rings is 2. The molecule has 7 nitrogen and oxygen atoms in total. The summed E-state index contributed by atoms with van der Waals surface area (Å²) in [5.41, 5.74) is 2.51. The highest BCUT2D eigenvalue weighted by atomic mass is 16.5. The van der Waals surface area contributed by atoms with Gasteiger partial charge in [0.05, 0.1) is 0 Å². The molecule has 0 aromatic heterocycles. The fraction of sp³-hybridized carbons (Fsp3) is 0.300. The van der Waals surface area contributed by atoms with E-state index in [1.807, 2.05) is 49.4 Å². The van der Waals surface area contributed by atoms with E-state index < -0.39 is 12.0 Å². The number of carboxylic acids is 1. The van der Waals surface area contributed by atoms with Crippen molar-refractivity contribution in [2.24, 2.45) is 0 Å². The lowest BCUT2D eigenvalue weighted by molar-refractivity contribution is -0.140. The number of aliphatic carboxylic acids is 1. The molecule has 2 amide bonds. The molecule has 0 heterocycles. The Labute approximate surface area is 158 Å². The summed E-state index contributed by atoms with van der Waals surface area (Å²) in [6.45, 7) is 2.63. The van der Waals surface area contributed by atoms with Crippen molar-refractivity contribution in [3.8, 4) is 16.9 Å². The molecular formula is C20H25N3O4. The number of ether oxygens (including phenoxy) is 1. The van der Waals surface area contributed by atoms with Crippen LogP contribution in [0.1, 0.15) is 13.3 Å². The van der Waals surface area contributed by atoms with E-state index in [0.29, 0.717) is 18.0 Å². The molecule has 0 spiro atoms. The van der Waals surface area contributed by atoms with Crippen molar-refractivity contribution in [2.75, 3.05) is 25.5 Å². The summed E-state index contributed by atoms with van der Waals surface area (Å²) in [7, 11) is 1.58.